The molecule has 0 spiro atoms. The van der Waals surface area contributed by atoms with Gasteiger partial charge in [0.15, 0.2) is 11.6 Å². The molecule has 0 bridgehead atoms. The van der Waals surface area contributed by atoms with Crippen molar-refractivity contribution in [3.8, 4) is 0 Å². The lowest BCUT2D eigenvalue weighted by Crippen LogP contribution is -2.20. The first kappa shape index (κ1) is 11.9. The van der Waals surface area contributed by atoms with Crippen LogP contribution in [0.3, 0.4) is 0 Å². The molecule has 0 atom stereocenters. The van der Waals surface area contributed by atoms with E-state index in [1.165, 1.54) is 6.07 Å². The molecular weight excluding hydrogens is 195 g/mol. The van der Waals surface area contributed by atoms with Crippen LogP contribution in [-0.2, 0) is 0 Å². The summed E-state index contributed by atoms with van der Waals surface area (Å²) in [4.78, 5) is 5.78. The Hall–Kier alpha value is -1.16. The van der Waals surface area contributed by atoms with Crippen molar-refractivity contribution in [1.82, 2.24) is 4.98 Å². The fraction of sp³-hybridized carbons (Fsp3) is 0.545. The van der Waals surface area contributed by atoms with Crippen LogP contribution in [0.5, 0.6) is 0 Å². The average Bonchev–Trinajstić information content (AvgIpc) is 2.25. The monoisotopic (exact) mass is 212 g/mol. The third-order valence-electron chi connectivity index (χ3n) is 2.25. The largest absolute Gasteiger partial charge is 0.396 e. The Balaban J connectivity index is 2.40. The van der Waals surface area contributed by atoms with E-state index in [4.69, 9.17) is 5.11 Å². The second kappa shape index (κ2) is 6.35. The van der Waals surface area contributed by atoms with Gasteiger partial charge in [0.2, 0.25) is 0 Å². The van der Waals surface area contributed by atoms with Gasteiger partial charge in [-0.1, -0.05) is 0 Å². The smallest absolute Gasteiger partial charge is 0.165 e. The average molecular weight is 212 g/mol. The van der Waals surface area contributed by atoms with Crippen molar-refractivity contribution in [1.29, 1.82) is 0 Å². The molecule has 0 saturated heterocycles. The third kappa shape index (κ3) is 3.83. The topological polar surface area (TPSA) is 36.4 Å². The number of pyridine rings is 1. The van der Waals surface area contributed by atoms with E-state index in [9.17, 15) is 4.39 Å². The molecule has 0 aliphatic carbocycles. The molecule has 0 aliphatic rings. The number of nitrogens with zero attached hydrogens (tertiary/aromatic N) is 2. The highest BCUT2D eigenvalue weighted by atomic mass is 19.1. The van der Waals surface area contributed by atoms with Gasteiger partial charge in [-0.15, -0.1) is 0 Å². The van der Waals surface area contributed by atoms with Gasteiger partial charge in [-0.25, -0.2) is 9.37 Å². The van der Waals surface area contributed by atoms with E-state index >= 15 is 0 Å². The maximum atomic E-state index is 13.3. The van der Waals surface area contributed by atoms with Gasteiger partial charge < -0.3 is 10.0 Å². The first-order valence-corrected chi connectivity index (χ1v) is 5.18. The van der Waals surface area contributed by atoms with E-state index in [-0.39, 0.29) is 12.4 Å². The molecule has 0 saturated carbocycles. The molecule has 1 heterocycles. The number of aliphatic hydroxyl groups excluding tert-OH is 1. The molecule has 0 aliphatic heterocycles. The first-order valence-electron chi connectivity index (χ1n) is 5.18. The lowest BCUT2D eigenvalue weighted by molar-refractivity contribution is 0.283. The maximum Gasteiger partial charge on any atom is 0.165 e. The Morgan fingerprint density at radius 2 is 2.20 bits per heavy atom. The van der Waals surface area contributed by atoms with Gasteiger partial charge in [-0.05, 0) is 31.4 Å². The summed E-state index contributed by atoms with van der Waals surface area (Å²) in [7, 11) is 1.82. The van der Waals surface area contributed by atoms with Crippen LogP contribution in [0, 0.1) is 5.82 Å². The van der Waals surface area contributed by atoms with E-state index in [1.54, 1.807) is 17.2 Å². The number of anilines is 1. The van der Waals surface area contributed by atoms with Crippen molar-refractivity contribution in [3.63, 3.8) is 0 Å². The summed E-state index contributed by atoms with van der Waals surface area (Å²) < 4.78 is 13.3. The van der Waals surface area contributed by atoms with Crippen molar-refractivity contribution in [3.05, 3.63) is 24.1 Å². The minimum absolute atomic E-state index is 0.224. The Labute approximate surface area is 89.6 Å². The van der Waals surface area contributed by atoms with Gasteiger partial charge in [-0.2, -0.15) is 0 Å². The van der Waals surface area contributed by atoms with E-state index < -0.39 is 0 Å². The van der Waals surface area contributed by atoms with Gasteiger partial charge in [0, 0.05) is 26.4 Å². The van der Waals surface area contributed by atoms with Gasteiger partial charge in [-0.3, -0.25) is 0 Å². The Morgan fingerprint density at radius 3 is 2.87 bits per heavy atom. The second-order valence-corrected chi connectivity index (χ2v) is 3.51. The minimum atomic E-state index is -0.290. The molecule has 3 nitrogen and oxygen atoms in total. The fourth-order valence-corrected chi connectivity index (χ4v) is 1.40. The normalized spacial score (nSPS) is 10.3. The zero-order valence-electron chi connectivity index (χ0n) is 8.99. The predicted octanol–water partition coefficient (Wildman–Crippen LogP) is 1.82. The van der Waals surface area contributed by atoms with E-state index in [0.29, 0.717) is 5.82 Å². The number of aliphatic hydroxyl groups is 1. The molecule has 4 heteroatoms. The summed E-state index contributed by atoms with van der Waals surface area (Å²) in [6.07, 6.45) is 4.28. The van der Waals surface area contributed by atoms with Gasteiger partial charge >= 0.3 is 0 Å². The van der Waals surface area contributed by atoms with E-state index in [0.717, 1.165) is 25.8 Å². The summed E-state index contributed by atoms with van der Waals surface area (Å²) >= 11 is 0. The Kier molecular flexibility index (Phi) is 5.04. The van der Waals surface area contributed by atoms with Crippen LogP contribution in [0.1, 0.15) is 19.3 Å². The highest BCUT2D eigenvalue weighted by molar-refractivity contribution is 5.38. The molecule has 0 unspecified atom stereocenters. The number of hydrogen-bond acceptors (Lipinski definition) is 3. The molecule has 1 aromatic heterocycles. The predicted molar refractivity (Wildman–Crippen MR) is 58.4 cm³/mol. The van der Waals surface area contributed by atoms with Crippen molar-refractivity contribution < 1.29 is 9.50 Å². The lowest BCUT2D eigenvalue weighted by atomic mass is 10.2. The summed E-state index contributed by atoms with van der Waals surface area (Å²) in [5, 5.41) is 8.61. The third-order valence-corrected chi connectivity index (χ3v) is 2.25. The number of unbranched alkanes of at least 4 members (excludes halogenated alkanes) is 2. The second-order valence-electron chi connectivity index (χ2n) is 3.51. The zero-order chi connectivity index (χ0) is 11.1. The molecule has 0 fully saturated rings. The number of aromatic nitrogens is 1. The van der Waals surface area contributed by atoms with Crippen LogP contribution in [0.2, 0.25) is 0 Å². The lowest BCUT2D eigenvalue weighted by Gasteiger charge is -2.18. The molecule has 0 radical (unpaired) electrons. The van der Waals surface area contributed by atoms with E-state index in [2.05, 4.69) is 4.98 Å². The SMILES string of the molecule is CN(CCCCCO)c1ncccc1F. The van der Waals surface area contributed by atoms with E-state index in [1.807, 2.05) is 7.05 Å². The van der Waals surface area contributed by atoms with Crippen LogP contribution in [0.15, 0.2) is 18.3 Å². The zero-order valence-corrected chi connectivity index (χ0v) is 8.99. The van der Waals surface area contributed by atoms with Crippen LogP contribution in [0.25, 0.3) is 0 Å². The standard InChI is InChI=1S/C11H17FN2O/c1-14(8-3-2-4-9-15)11-10(12)6-5-7-13-11/h5-7,15H,2-4,8-9H2,1H3. The van der Waals surface area contributed by atoms with Gasteiger partial charge in [0.1, 0.15) is 0 Å². The Bertz CT molecular complexity index is 294. The van der Waals surface area contributed by atoms with Gasteiger partial charge in [0.25, 0.3) is 0 Å². The molecular formula is C11H17FN2O. The number of hydrogen-bond donors (Lipinski definition) is 1. The highest BCUT2D eigenvalue weighted by Gasteiger charge is 2.06. The van der Waals surface area contributed by atoms with Crippen molar-refractivity contribution >= 4 is 5.82 Å². The van der Waals surface area contributed by atoms with Crippen LogP contribution < -0.4 is 4.90 Å². The van der Waals surface area contributed by atoms with Crippen molar-refractivity contribution in [2.45, 2.75) is 19.3 Å². The quantitative estimate of drug-likeness (QED) is 0.731. The van der Waals surface area contributed by atoms with Gasteiger partial charge in [0.05, 0.1) is 0 Å². The van der Waals surface area contributed by atoms with Crippen LogP contribution in [0.4, 0.5) is 10.2 Å². The number of halogens is 1. The maximum absolute atomic E-state index is 13.3. The summed E-state index contributed by atoms with van der Waals surface area (Å²) in [5.41, 5.74) is 0. The molecule has 0 amide bonds. The number of rotatable bonds is 6. The first-order chi connectivity index (χ1) is 7.25. The van der Waals surface area contributed by atoms with Crippen molar-refractivity contribution in [2.75, 3.05) is 25.1 Å². The molecule has 0 aromatic carbocycles. The fourth-order valence-electron chi connectivity index (χ4n) is 1.40. The van der Waals surface area contributed by atoms with Crippen LogP contribution in [-0.4, -0.2) is 30.3 Å². The summed E-state index contributed by atoms with van der Waals surface area (Å²) in [5.74, 6) is 0.101. The van der Waals surface area contributed by atoms with Crippen molar-refractivity contribution in [2.24, 2.45) is 0 Å². The minimum Gasteiger partial charge on any atom is -0.396 e. The van der Waals surface area contributed by atoms with Crippen LogP contribution >= 0.6 is 0 Å². The molecule has 15 heavy (non-hydrogen) atoms. The summed E-state index contributed by atoms with van der Waals surface area (Å²) in [6, 6.07) is 2.99. The molecule has 1 aromatic rings. The summed E-state index contributed by atoms with van der Waals surface area (Å²) in [6.45, 7) is 0.982. The molecule has 1 rings (SSSR count). The molecule has 84 valence electrons. The highest BCUT2D eigenvalue weighted by Crippen LogP contribution is 2.13. The molecule has 1 N–H and O–H groups in total. The Morgan fingerprint density at radius 1 is 1.40 bits per heavy atom.